The Hall–Kier alpha value is -3.19. The van der Waals surface area contributed by atoms with Gasteiger partial charge in [-0.2, -0.15) is 0 Å². The molecule has 30 heavy (non-hydrogen) atoms. The molecule has 0 bridgehead atoms. The molecule has 1 saturated heterocycles. The second-order valence-corrected chi connectivity index (χ2v) is 7.93. The molecule has 1 aliphatic rings. The Kier molecular flexibility index (Phi) is 5.81. The van der Waals surface area contributed by atoms with Crippen LogP contribution in [0.5, 0.6) is 0 Å². The van der Waals surface area contributed by atoms with Gasteiger partial charge in [0.05, 0.1) is 17.8 Å². The van der Waals surface area contributed by atoms with Crippen LogP contribution >= 0.6 is 12.2 Å². The Bertz CT molecular complexity index is 1050. The lowest BCUT2D eigenvalue weighted by molar-refractivity contribution is -0.116. The number of benzene rings is 1. The summed E-state index contributed by atoms with van der Waals surface area (Å²) in [6.07, 6.45) is 6.25. The second kappa shape index (κ2) is 8.67. The minimum atomic E-state index is -0.0690. The van der Waals surface area contributed by atoms with E-state index >= 15 is 0 Å². The number of aromatic nitrogens is 2. The van der Waals surface area contributed by atoms with Crippen LogP contribution in [0, 0.1) is 6.92 Å². The molecule has 1 aliphatic heterocycles. The molecule has 3 aromatic rings. The third-order valence-electron chi connectivity index (χ3n) is 5.39. The van der Waals surface area contributed by atoms with Gasteiger partial charge in [-0.25, -0.2) is 0 Å². The number of hydrogen-bond acceptors (Lipinski definition) is 3. The molecule has 0 spiro atoms. The molecule has 1 aromatic carbocycles. The van der Waals surface area contributed by atoms with Gasteiger partial charge in [0.2, 0.25) is 5.91 Å². The fraction of sp³-hybridized carbons (Fsp3) is 0.261. The highest BCUT2D eigenvalue weighted by atomic mass is 32.1. The van der Waals surface area contributed by atoms with Crippen LogP contribution in [0.4, 0.5) is 5.69 Å². The Morgan fingerprint density at radius 3 is 2.70 bits per heavy atom. The molecule has 0 radical (unpaired) electrons. The van der Waals surface area contributed by atoms with Crippen molar-refractivity contribution < 1.29 is 4.79 Å². The second-order valence-electron chi connectivity index (χ2n) is 7.54. The van der Waals surface area contributed by atoms with Crippen LogP contribution in [0.3, 0.4) is 0 Å². The standard InChI is InChI=1S/C23H25N5OS/c1-16-7-3-4-8-18(16)25-20(29)11-14-28-22(17-10-13-27(2)15-17)21(26-23(28)30)19-9-5-6-12-24-19/h3-10,12-13,15,21-22H,11,14H2,1-2H3,(H,25,29)(H,26,30). The normalized spacial score (nSPS) is 18.3. The molecule has 3 heterocycles. The molecule has 2 N–H and O–H groups in total. The first-order valence-corrected chi connectivity index (χ1v) is 10.4. The van der Waals surface area contributed by atoms with E-state index in [0.717, 1.165) is 22.5 Å². The molecule has 2 aromatic heterocycles. The summed E-state index contributed by atoms with van der Waals surface area (Å²) < 4.78 is 2.02. The molecule has 2 atom stereocenters. The zero-order valence-electron chi connectivity index (χ0n) is 17.1. The Labute approximate surface area is 181 Å². The molecule has 0 saturated carbocycles. The maximum absolute atomic E-state index is 12.6. The summed E-state index contributed by atoms with van der Waals surface area (Å²) in [5, 5.41) is 7.06. The average molecular weight is 420 g/mol. The molecule has 6 nitrogen and oxygen atoms in total. The number of carbonyl (C=O) groups is 1. The average Bonchev–Trinajstić information content (AvgIpc) is 3.31. The van der Waals surface area contributed by atoms with Gasteiger partial charge >= 0.3 is 0 Å². The number of rotatable bonds is 6. The summed E-state index contributed by atoms with van der Waals surface area (Å²) in [4.78, 5) is 19.2. The molecule has 4 rings (SSSR count). The number of thiocarbonyl (C=S) groups is 1. The van der Waals surface area contributed by atoms with E-state index in [0.29, 0.717) is 18.1 Å². The Balaban J connectivity index is 1.52. The number of para-hydroxylation sites is 1. The summed E-state index contributed by atoms with van der Waals surface area (Å²) >= 11 is 5.65. The Morgan fingerprint density at radius 1 is 1.20 bits per heavy atom. The van der Waals surface area contributed by atoms with Gasteiger partial charge in [0.15, 0.2) is 5.11 Å². The summed E-state index contributed by atoms with van der Waals surface area (Å²) in [7, 11) is 2.00. The quantitative estimate of drug-likeness (QED) is 0.596. The molecular formula is C23H25N5OS. The van der Waals surface area contributed by atoms with E-state index < -0.39 is 0 Å². The van der Waals surface area contributed by atoms with Crippen molar-refractivity contribution in [1.29, 1.82) is 0 Å². The van der Waals surface area contributed by atoms with Gasteiger partial charge in [-0.15, -0.1) is 0 Å². The van der Waals surface area contributed by atoms with Gasteiger partial charge in [-0.05, 0) is 54.5 Å². The smallest absolute Gasteiger partial charge is 0.226 e. The van der Waals surface area contributed by atoms with Crippen LogP contribution in [-0.4, -0.2) is 32.0 Å². The van der Waals surface area contributed by atoms with Crippen LogP contribution in [0.15, 0.2) is 67.1 Å². The van der Waals surface area contributed by atoms with E-state index in [1.807, 2.05) is 67.2 Å². The van der Waals surface area contributed by atoms with Gasteiger partial charge < -0.3 is 20.1 Å². The number of nitrogens with zero attached hydrogens (tertiary/aromatic N) is 3. The van der Waals surface area contributed by atoms with Crippen molar-refractivity contribution in [3.8, 4) is 0 Å². The van der Waals surface area contributed by atoms with Crippen molar-refractivity contribution in [2.75, 3.05) is 11.9 Å². The van der Waals surface area contributed by atoms with Crippen molar-refractivity contribution in [3.63, 3.8) is 0 Å². The zero-order valence-corrected chi connectivity index (χ0v) is 17.9. The van der Waals surface area contributed by atoms with Gasteiger partial charge in [0, 0.05) is 44.3 Å². The minimum absolute atomic E-state index is 0.0276. The molecule has 2 unspecified atom stereocenters. The van der Waals surface area contributed by atoms with Crippen LogP contribution in [-0.2, 0) is 11.8 Å². The molecule has 7 heteroatoms. The van der Waals surface area contributed by atoms with Crippen molar-refractivity contribution in [3.05, 3.63) is 83.9 Å². The van der Waals surface area contributed by atoms with E-state index in [9.17, 15) is 4.79 Å². The van der Waals surface area contributed by atoms with Crippen molar-refractivity contribution in [2.24, 2.45) is 7.05 Å². The van der Waals surface area contributed by atoms with Gasteiger partial charge in [0.25, 0.3) is 0 Å². The number of amides is 1. The summed E-state index contributed by atoms with van der Waals surface area (Å²) in [5.41, 5.74) is 3.96. The number of carbonyl (C=O) groups excluding carboxylic acids is 1. The highest BCUT2D eigenvalue weighted by molar-refractivity contribution is 7.80. The predicted molar refractivity (Wildman–Crippen MR) is 122 cm³/mol. The van der Waals surface area contributed by atoms with E-state index in [2.05, 4.69) is 32.8 Å². The number of nitrogens with one attached hydrogen (secondary N) is 2. The lowest BCUT2D eigenvalue weighted by Crippen LogP contribution is -2.32. The largest absolute Gasteiger partial charge is 0.357 e. The maximum atomic E-state index is 12.6. The summed E-state index contributed by atoms with van der Waals surface area (Å²) in [6, 6.07) is 15.7. The number of anilines is 1. The van der Waals surface area contributed by atoms with Crippen LogP contribution < -0.4 is 10.6 Å². The minimum Gasteiger partial charge on any atom is -0.357 e. The zero-order chi connectivity index (χ0) is 21.1. The molecule has 1 fully saturated rings. The van der Waals surface area contributed by atoms with E-state index in [-0.39, 0.29) is 18.0 Å². The summed E-state index contributed by atoms with van der Waals surface area (Å²) in [6.45, 7) is 2.50. The third-order valence-corrected chi connectivity index (χ3v) is 5.75. The van der Waals surface area contributed by atoms with Gasteiger partial charge in [0.1, 0.15) is 0 Å². The van der Waals surface area contributed by atoms with Crippen molar-refractivity contribution in [2.45, 2.75) is 25.4 Å². The Morgan fingerprint density at radius 2 is 2.00 bits per heavy atom. The van der Waals surface area contributed by atoms with E-state index in [1.54, 1.807) is 6.20 Å². The van der Waals surface area contributed by atoms with Crippen molar-refractivity contribution >= 4 is 28.9 Å². The molecule has 0 aliphatic carbocycles. The van der Waals surface area contributed by atoms with E-state index in [4.69, 9.17) is 12.2 Å². The van der Waals surface area contributed by atoms with Crippen LogP contribution in [0.25, 0.3) is 0 Å². The number of hydrogen-bond donors (Lipinski definition) is 2. The van der Waals surface area contributed by atoms with Crippen molar-refractivity contribution in [1.82, 2.24) is 19.8 Å². The van der Waals surface area contributed by atoms with Crippen LogP contribution in [0.1, 0.15) is 35.3 Å². The highest BCUT2D eigenvalue weighted by Crippen LogP contribution is 2.38. The lowest BCUT2D eigenvalue weighted by atomic mass is 9.99. The lowest BCUT2D eigenvalue weighted by Gasteiger charge is -2.27. The van der Waals surface area contributed by atoms with Gasteiger partial charge in [-0.1, -0.05) is 24.3 Å². The fourth-order valence-corrected chi connectivity index (χ4v) is 4.19. The third kappa shape index (κ3) is 4.21. The predicted octanol–water partition coefficient (Wildman–Crippen LogP) is 3.73. The number of pyridine rings is 1. The highest BCUT2D eigenvalue weighted by Gasteiger charge is 2.40. The molecule has 1 amide bonds. The topological polar surface area (TPSA) is 62.2 Å². The van der Waals surface area contributed by atoms with Crippen LogP contribution in [0.2, 0.25) is 0 Å². The first kappa shape index (κ1) is 20.1. The monoisotopic (exact) mass is 419 g/mol. The van der Waals surface area contributed by atoms with E-state index in [1.165, 1.54) is 0 Å². The maximum Gasteiger partial charge on any atom is 0.226 e. The summed E-state index contributed by atoms with van der Waals surface area (Å²) in [5.74, 6) is -0.0276. The SMILES string of the molecule is Cc1ccccc1NC(=O)CCN1C(=S)NC(c2ccccn2)C1c1ccn(C)c1. The molecular weight excluding hydrogens is 394 g/mol. The number of aryl methyl sites for hydroxylation is 2. The van der Waals surface area contributed by atoms with Gasteiger partial charge in [-0.3, -0.25) is 9.78 Å². The first-order valence-electron chi connectivity index (χ1n) is 9.98. The molecule has 154 valence electrons. The fourth-order valence-electron chi connectivity index (χ4n) is 3.86. The first-order chi connectivity index (χ1) is 14.5.